The van der Waals surface area contributed by atoms with Gasteiger partial charge < -0.3 is 10.6 Å². The van der Waals surface area contributed by atoms with Crippen molar-refractivity contribution in [2.45, 2.75) is 25.9 Å². The summed E-state index contributed by atoms with van der Waals surface area (Å²) in [5, 5.41) is 0. The fourth-order valence-electron chi connectivity index (χ4n) is 2.63. The number of piperazine rings is 1. The van der Waals surface area contributed by atoms with E-state index in [1.54, 1.807) is 4.90 Å². The Morgan fingerprint density at radius 1 is 1.24 bits per heavy atom. The maximum absolute atomic E-state index is 12.9. The van der Waals surface area contributed by atoms with Gasteiger partial charge in [-0.25, -0.2) is 4.39 Å². The normalized spacial score (nSPS) is 19.8. The van der Waals surface area contributed by atoms with Crippen molar-refractivity contribution in [2.24, 2.45) is 5.73 Å². The minimum Gasteiger partial charge on any atom is -0.368 e. The van der Waals surface area contributed by atoms with Gasteiger partial charge in [-0.1, -0.05) is 0 Å². The average Bonchev–Trinajstić information content (AvgIpc) is 2.46. The molecule has 1 fully saturated rings. The van der Waals surface area contributed by atoms with Gasteiger partial charge in [0.25, 0.3) is 5.91 Å². The van der Waals surface area contributed by atoms with Crippen molar-refractivity contribution in [3.63, 3.8) is 0 Å². The lowest BCUT2D eigenvalue weighted by Crippen LogP contribution is -2.61. The van der Waals surface area contributed by atoms with Crippen LogP contribution in [0.2, 0.25) is 0 Å². The molecule has 2 amide bonds. The minimum absolute atomic E-state index is 0.186. The molecule has 0 spiro atoms. The van der Waals surface area contributed by atoms with E-state index < -0.39 is 11.9 Å². The van der Waals surface area contributed by atoms with Crippen LogP contribution in [-0.2, 0) is 4.79 Å². The number of rotatable bonds is 3. The van der Waals surface area contributed by atoms with Crippen molar-refractivity contribution in [1.82, 2.24) is 9.80 Å². The number of hydrogen-bond donors (Lipinski definition) is 1. The van der Waals surface area contributed by atoms with E-state index in [9.17, 15) is 14.0 Å². The molecular weight excluding hydrogens is 273 g/mol. The lowest BCUT2D eigenvalue weighted by atomic mass is 10.1. The Labute approximate surface area is 123 Å². The summed E-state index contributed by atoms with van der Waals surface area (Å²) in [6.45, 7) is 5.38. The number of nitrogens with two attached hydrogens (primary N) is 1. The standard InChI is InChI=1S/C15H20FN3O2/c1-10(2)19-8-7-18(9-13(19)14(17)20)15(21)11-3-5-12(16)6-4-11/h3-6,10,13H,7-9H2,1-2H3,(H2,17,20)/t13-/m0/s1. The van der Waals surface area contributed by atoms with Crippen molar-refractivity contribution in [3.05, 3.63) is 35.6 Å². The highest BCUT2D eigenvalue weighted by atomic mass is 19.1. The van der Waals surface area contributed by atoms with Crippen molar-refractivity contribution in [2.75, 3.05) is 19.6 Å². The molecule has 1 aliphatic heterocycles. The summed E-state index contributed by atoms with van der Waals surface area (Å²) >= 11 is 0. The predicted octanol–water partition coefficient (Wildman–Crippen LogP) is 0.846. The van der Waals surface area contributed by atoms with E-state index in [2.05, 4.69) is 0 Å². The highest BCUT2D eigenvalue weighted by Gasteiger charge is 2.34. The van der Waals surface area contributed by atoms with Gasteiger partial charge in [-0.05, 0) is 38.1 Å². The second-order valence-electron chi connectivity index (χ2n) is 5.51. The zero-order chi connectivity index (χ0) is 15.6. The Bertz CT molecular complexity index is 530. The van der Waals surface area contributed by atoms with Crippen LogP contribution in [0.15, 0.2) is 24.3 Å². The predicted molar refractivity (Wildman–Crippen MR) is 77.1 cm³/mol. The van der Waals surface area contributed by atoms with Gasteiger partial charge in [-0.3, -0.25) is 14.5 Å². The molecule has 1 saturated heterocycles. The smallest absolute Gasteiger partial charge is 0.253 e. The van der Waals surface area contributed by atoms with Gasteiger partial charge >= 0.3 is 0 Å². The summed E-state index contributed by atoms with van der Waals surface area (Å²) in [5.41, 5.74) is 5.86. The number of carbonyl (C=O) groups excluding carboxylic acids is 2. The molecule has 2 N–H and O–H groups in total. The third kappa shape index (κ3) is 3.39. The molecular formula is C15H20FN3O2. The quantitative estimate of drug-likeness (QED) is 0.898. The van der Waals surface area contributed by atoms with Gasteiger partial charge in [0, 0.05) is 31.2 Å². The molecule has 21 heavy (non-hydrogen) atoms. The maximum Gasteiger partial charge on any atom is 0.253 e. The van der Waals surface area contributed by atoms with Gasteiger partial charge in [0.2, 0.25) is 5.91 Å². The number of amides is 2. The fourth-order valence-corrected chi connectivity index (χ4v) is 2.63. The third-order valence-corrected chi connectivity index (χ3v) is 3.79. The molecule has 5 nitrogen and oxygen atoms in total. The molecule has 1 aromatic rings. The van der Waals surface area contributed by atoms with Crippen LogP contribution in [0.5, 0.6) is 0 Å². The Hall–Kier alpha value is -1.95. The monoisotopic (exact) mass is 293 g/mol. The second kappa shape index (κ2) is 6.22. The van der Waals surface area contributed by atoms with E-state index in [1.165, 1.54) is 24.3 Å². The molecule has 1 aromatic carbocycles. The first-order valence-electron chi connectivity index (χ1n) is 7.00. The number of nitrogens with zero attached hydrogens (tertiary/aromatic N) is 2. The van der Waals surface area contributed by atoms with E-state index in [-0.39, 0.29) is 24.3 Å². The zero-order valence-electron chi connectivity index (χ0n) is 12.3. The third-order valence-electron chi connectivity index (χ3n) is 3.79. The van der Waals surface area contributed by atoms with Crippen LogP contribution in [0.4, 0.5) is 4.39 Å². The van der Waals surface area contributed by atoms with Gasteiger partial charge in [0.1, 0.15) is 11.9 Å². The van der Waals surface area contributed by atoms with Gasteiger partial charge in [0.05, 0.1) is 0 Å². The number of hydrogen-bond acceptors (Lipinski definition) is 3. The average molecular weight is 293 g/mol. The summed E-state index contributed by atoms with van der Waals surface area (Å²) < 4.78 is 12.9. The molecule has 0 aromatic heterocycles. The van der Waals surface area contributed by atoms with E-state index >= 15 is 0 Å². The number of benzene rings is 1. The lowest BCUT2D eigenvalue weighted by Gasteiger charge is -2.42. The molecule has 0 unspecified atom stereocenters. The topological polar surface area (TPSA) is 66.6 Å². The van der Waals surface area contributed by atoms with Crippen LogP contribution in [0.3, 0.4) is 0 Å². The maximum atomic E-state index is 12.9. The number of carbonyl (C=O) groups is 2. The van der Waals surface area contributed by atoms with E-state index in [0.29, 0.717) is 18.7 Å². The summed E-state index contributed by atoms with van der Waals surface area (Å²) in [7, 11) is 0. The van der Waals surface area contributed by atoms with E-state index in [0.717, 1.165) is 0 Å². The van der Waals surface area contributed by atoms with Crippen molar-refractivity contribution >= 4 is 11.8 Å². The SMILES string of the molecule is CC(C)N1CCN(C(=O)c2ccc(F)cc2)C[C@H]1C(N)=O. The highest BCUT2D eigenvalue weighted by Crippen LogP contribution is 2.16. The molecule has 2 rings (SSSR count). The first kappa shape index (κ1) is 15.4. The Morgan fingerprint density at radius 3 is 2.38 bits per heavy atom. The second-order valence-corrected chi connectivity index (χ2v) is 5.51. The van der Waals surface area contributed by atoms with E-state index in [4.69, 9.17) is 5.73 Å². The molecule has 0 saturated carbocycles. The van der Waals surface area contributed by atoms with Crippen molar-refractivity contribution < 1.29 is 14.0 Å². The Kier molecular flexibility index (Phi) is 4.57. The Morgan fingerprint density at radius 2 is 1.86 bits per heavy atom. The largest absolute Gasteiger partial charge is 0.368 e. The summed E-state index contributed by atoms with van der Waals surface area (Å²) in [5.74, 6) is -1.02. The molecule has 6 heteroatoms. The van der Waals surface area contributed by atoms with Crippen LogP contribution >= 0.6 is 0 Å². The summed E-state index contributed by atoms with van der Waals surface area (Å²) in [6, 6.07) is 5.11. The van der Waals surface area contributed by atoms with E-state index in [1.807, 2.05) is 18.7 Å². The minimum atomic E-state index is -0.483. The molecule has 1 heterocycles. The molecule has 0 bridgehead atoms. The summed E-state index contributed by atoms with van der Waals surface area (Å²) in [6.07, 6.45) is 0. The lowest BCUT2D eigenvalue weighted by molar-refractivity contribution is -0.126. The van der Waals surface area contributed by atoms with Crippen LogP contribution in [0, 0.1) is 5.82 Å². The van der Waals surface area contributed by atoms with Gasteiger partial charge in [0.15, 0.2) is 0 Å². The van der Waals surface area contributed by atoms with Crippen molar-refractivity contribution in [3.8, 4) is 0 Å². The van der Waals surface area contributed by atoms with Crippen LogP contribution in [0.25, 0.3) is 0 Å². The molecule has 0 aliphatic carbocycles. The van der Waals surface area contributed by atoms with Crippen molar-refractivity contribution in [1.29, 1.82) is 0 Å². The highest BCUT2D eigenvalue weighted by molar-refractivity contribution is 5.94. The van der Waals surface area contributed by atoms with Gasteiger partial charge in [-0.15, -0.1) is 0 Å². The molecule has 114 valence electrons. The van der Waals surface area contributed by atoms with Crippen LogP contribution in [-0.4, -0.2) is 53.3 Å². The molecule has 1 atom stereocenters. The Balaban J connectivity index is 2.13. The van der Waals surface area contributed by atoms with Gasteiger partial charge in [-0.2, -0.15) is 0 Å². The number of primary amides is 1. The van der Waals surface area contributed by atoms with Crippen LogP contribution < -0.4 is 5.73 Å². The molecule has 1 aliphatic rings. The van der Waals surface area contributed by atoms with Crippen LogP contribution in [0.1, 0.15) is 24.2 Å². The zero-order valence-corrected chi connectivity index (χ0v) is 12.3. The first-order valence-corrected chi connectivity index (χ1v) is 7.00. The molecule has 0 radical (unpaired) electrons. The number of halogens is 1. The first-order chi connectivity index (χ1) is 9.90. The fraction of sp³-hybridized carbons (Fsp3) is 0.467. The summed E-state index contributed by atoms with van der Waals surface area (Å²) in [4.78, 5) is 27.6.